The number of hydrogen-bond acceptors (Lipinski definition) is 5. The largest absolute Gasteiger partial charge is 0.460 e. The van der Waals surface area contributed by atoms with Crippen LogP contribution in [0.2, 0.25) is 0 Å². The molecule has 0 spiro atoms. The summed E-state index contributed by atoms with van der Waals surface area (Å²) in [5.74, 6) is -0.251. The van der Waals surface area contributed by atoms with Crippen molar-refractivity contribution in [2.45, 2.75) is 13.0 Å². The third-order valence-electron chi connectivity index (χ3n) is 1.11. The first kappa shape index (κ1) is 12.2. The van der Waals surface area contributed by atoms with Crippen molar-refractivity contribution in [3.05, 3.63) is 12.7 Å². The van der Waals surface area contributed by atoms with E-state index in [0.29, 0.717) is 0 Å². The zero-order valence-corrected chi connectivity index (χ0v) is 8.30. The van der Waals surface area contributed by atoms with Crippen LogP contribution in [0.4, 0.5) is 0 Å². The van der Waals surface area contributed by atoms with E-state index in [0.717, 1.165) is 11.8 Å². The maximum absolute atomic E-state index is 11.0. The Labute approximate surface area is 81.5 Å². The van der Waals surface area contributed by atoms with Crippen LogP contribution in [0.25, 0.3) is 0 Å². The van der Waals surface area contributed by atoms with E-state index in [1.807, 2.05) is 0 Å². The van der Waals surface area contributed by atoms with Crippen LogP contribution in [-0.2, 0) is 14.3 Å². The second kappa shape index (κ2) is 6.68. The molecule has 0 fully saturated rings. The topological polar surface area (TPSA) is 69.4 Å². The summed E-state index contributed by atoms with van der Waals surface area (Å²) in [6.45, 7) is 4.96. The molecule has 1 atom stereocenters. The molecular weight excluding hydrogens is 190 g/mol. The summed E-state index contributed by atoms with van der Waals surface area (Å²) in [7, 11) is 0. The van der Waals surface area contributed by atoms with Crippen LogP contribution in [-0.4, -0.2) is 29.5 Å². The van der Waals surface area contributed by atoms with Crippen molar-refractivity contribution in [3.8, 4) is 0 Å². The van der Waals surface area contributed by atoms with Crippen LogP contribution >= 0.6 is 11.8 Å². The molecule has 0 rings (SSSR count). The van der Waals surface area contributed by atoms with Crippen molar-refractivity contribution >= 4 is 22.8 Å². The Kier molecular flexibility index (Phi) is 6.26. The smallest absolute Gasteiger partial charge is 0.324 e. The van der Waals surface area contributed by atoms with E-state index >= 15 is 0 Å². The fourth-order valence-electron chi connectivity index (χ4n) is 0.523. The molecule has 74 valence electrons. The van der Waals surface area contributed by atoms with Crippen molar-refractivity contribution in [3.63, 3.8) is 0 Å². The number of thioether (sulfide) groups is 1. The van der Waals surface area contributed by atoms with Gasteiger partial charge >= 0.3 is 5.97 Å². The Balaban J connectivity index is 3.68. The first-order valence-electron chi connectivity index (χ1n) is 3.74. The van der Waals surface area contributed by atoms with E-state index in [1.165, 1.54) is 13.0 Å². The fraction of sp³-hybridized carbons (Fsp3) is 0.500. The molecule has 0 aliphatic carbocycles. The lowest BCUT2D eigenvalue weighted by atomic mass is 10.4. The molecule has 0 aliphatic heterocycles. The summed E-state index contributed by atoms with van der Waals surface area (Å²) in [5.41, 5.74) is 5.42. The van der Waals surface area contributed by atoms with E-state index in [4.69, 9.17) is 5.73 Å². The molecule has 0 aromatic rings. The normalized spacial score (nSPS) is 11.8. The Morgan fingerprint density at radius 3 is 2.77 bits per heavy atom. The minimum Gasteiger partial charge on any atom is -0.460 e. The van der Waals surface area contributed by atoms with Gasteiger partial charge in [-0.05, 0) is 0 Å². The molecule has 0 amide bonds. The van der Waals surface area contributed by atoms with Crippen molar-refractivity contribution in [1.82, 2.24) is 0 Å². The second-order valence-electron chi connectivity index (χ2n) is 2.33. The van der Waals surface area contributed by atoms with Gasteiger partial charge in [0, 0.05) is 12.7 Å². The molecule has 13 heavy (non-hydrogen) atoms. The number of hydrogen-bond donors (Lipinski definition) is 1. The quantitative estimate of drug-likeness (QED) is 0.515. The van der Waals surface area contributed by atoms with Gasteiger partial charge in [-0.15, -0.1) is 0 Å². The van der Waals surface area contributed by atoms with E-state index in [1.54, 1.807) is 0 Å². The van der Waals surface area contributed by atoms with Crippen LogP contribution in [0.1, 0.15) is 6.92 Å². The van der Waals surface area contributed by atoms with Gasteiger partial charge in [0.25, 0.3) is 0 Å². The van der Waals surface area contributed by atoms with E-state index in [9.17, 15) is 9.59 Å². The Morgan fingerprint density at radius 2 is 2.31 bits per heavy atom. The number of carbonyl (C=O) groups is 2. The molecule has 5 heteroatoms. The molecule has 0 bridgehead atoms. The molecule has 0 saturated heterocycles. The van der Waals surface area contributed by atoms with Gasteiger partial charge in [0.1, 0.15) is 12.6 Å². The van der Waals surface area contributed by atoms with E-state index in [-0.39, 0.29) is 17.5 Å². The zero-order chi connectivity index (χ0) is 10.3. The monoisotopic (exact) mass is 203 g/mol. The van der Waals surface area contributed by atoms with Crippen molar-refractivity contribution in [1.29, 1.82) is 0 Å². The highest BCUT2D eigenvalue weighted by molar-refractivity contribution is 8.13. The van der Waals surface area contributed by atoms with Crippen LogP contribution < -0.4 is 5.73 Å². The van der Waals surface area contributed by atoms with Crippen LogP contribution in [0.5, 0.6) is 0 Å². The molecule has 0 radical (unpaired) electrons. The van der Waals surface area contributed by atoms with Crippen LogP contribution in [0.3, 0.4) is 0 Å². The summed E-state index contributed by atoms with van der Waals surface area (Å²) >= 11 is 1.01. The third kappa shape index (κ3) is 6.36. The van der Waals surface area contributed by atoms with Gasteiger partial charge in [-0.1, -0.05) is 24.4 Å². The van der Waals surface area contributed by atoms with Crippen molar-refractivity contribution in [2.24, 2.45) is 5.73 Å². The molecule has 0 heterocycles. The van der Waals surface area contributed by atoms with Crippen molar-refractivity contribution in [2.75, 3.05) is 12.4 Å². The maximum Gasteiger partial charge on any atom is 0.324 e. The first-order chi connectivity index (χ1) is 6.07. The predicted molar refractivity (Wildman–Crippen MR) is 52.3 cm³/mol. The third-order valence-corrected chi connectivity index (χ3v) is 2.04. The highest BCUT2D eigenvalue weighted by Crippen LogP contribution is 2.03. The average molecular weight is 203 g/mol. The van der Waals surface area contributed by atoms with Gasteiger partial charge in [0.05, 0.1) is 0 Å². The molecule has 2 N–H and O–H groups in total. The van der Waals surface area contributed by atoms with Crippen LogP contribution in [0.15, 0.2) is 12.7 Å². The van der Waals surface area contributed by atoms with Gasteiger partial charge in [-0.25, -0.2) is 0 Å². The van der Waals surface area contributed by atoms with Gasteiger partial charge in [-0.2, -0.15) is 0 Å². The minimum absolute atomic E-state index is 0.0630. The maximum atomic E-state index is 11.0. The molecule has 0 aliphatic rings. The summed E-state index contributed by atoms with van der Waals surface area (Å²) in [6, 6.07) is -0.742. The lowest BCUT2D eigenvalue weighted by molar-refractivity contribution is -0.143. The summed E-state index contributed by atoms with van der Waals surface area (Å²) in [4.78, 5) is 21.5. The van der Waals surface area contributed by atoms with Gasteiger partial charge in [-0.3, -0.25) is 9.59 Å². The van der Waals surface area contributed by atoms with Gasteiger partial charge < -0.3 is 10.5 Å². The Morgan fingerprint density at radius 1 is 1.69 bits per heavy atom. The first-order valence-corrected chi connectivity index (χ1v) is 4.73. The number of rotatable bonds is 5. The molecule has 0 aromatic carbocycles. The standard InChI is InChI=1S/C8H13NO3S/c1-3-4-12-8(11)7(9)5-13-6(2)10/h3,7H,1,4-5,9H2,2H3/t7-/m0/s1. The zero-order valence-electron chi connectivity index (χ0n) is 7.49. The summed E-state index contributed by atoms with van der Waals surface area (Å²) in [5, 5.41) is -0.0630. The molecule has 0 saturated carbocycles. The lowest BCUT2D eigenvalue weighted by Crippen LogP contribution is -2.34. The van der Waals surface area contributed by atoms with E-state index in [2.05, 4.69) is 11.3 Å². The number of esters is 1. The highest BCUT2D eigenvalue weighted by Gasteiger charge is 2.15. The highest BCUT2D eigenvalue weighted by atomic mass is 32.2. The Bertz CT molecular complexity index is 206. The lowest BCUT2D eigenvalue weighted by Gasteiger charge is -2.08. The predicted octanol–water partition coefficient (Wildman–Crippen LogP) is 0.323. The van der Waals surface area contributed by atoms with Gasteiger partial charge in [0.15, 0.2) is 5.12 Å². The minimum atomic E-state index is -0.742. The average Bonchev–Trinajstić information content (AvgIpc) is 2.10. The van der Waals surface area contributed by atoms with Gasteiger partial charge in [0.2, 0.25) is 0 Å². The number of carbonyl (C=O) groups excluding carboxylic acids is 2. The van der Waals surface area contributed by atoms with Crippen molar-refractivity contribution < 1.29 is 14.3 Å². The molecule has 0 aromatic heterocycles. The van der Waals surface area contributed by atoms with Crippen LogP contribution in [0, 0.1) is 0 Å². The number of ether oxygens (including phenoxy) is 1. The van der Waals surface area contributed by atoms with E-state index < -0.39 is 12.0 Å². The molecule has 0 unspecified atom stereocenters. The SMILES string of the molecule is C=CCOC(=O)[C@@H](N)CSC(C)=O. The fourth-order valence-corrected chi connectivity index (χ4v) is 1.07. The molecule has 4 nitrogen and oxygen atoms in total. The summed E-state index contributed by atoms with van der Waals surface area (Å²) in [6.07, 6.45) is 1.46. The second-order valence-corrected chi connectivity index (χ2v) is 3.52. The Hall–Kier alpha value is -0.810. The summed E-state index contributed by atoms with van der Waals surface area (Å²) < 4.78 is 4.68. The molecular formula is C8H13NO3S. The number of nitrogens with two attached hydrogens (primary N) is 1.